The number of hydrogen-bond donors (Lipinski definition) is 0. The summed E-state index contributed by atoms with van der Waals surface area (Å²) in [5, 5.41) is 0. The largest absolute Gasteiger partial charge is 0.0651 e. The van der Waals surface area contributed by atoms with Crippen molar-refractivity contribution in [3.8, 4) is 0 Å². The first-order valence-corrected chi connectivity index (χ1v) is 7.50. The van der Waals surface area contributed by atoms with E-state index in [-0.39, 0.29) is 0 Å². The lowest BCUT2D eigenvalue weighted by Gasteiger charge is -2.78. The second-order valence-corrected chi connectivity index (χ2v) is 7.40. The maximum absolute atomic E-state index is 2.61. The van der Waals surface area contributed by atoms with E-state index in [4.69, 9.17) is 0 Å². The van der Waals surface area contributed by atoms with Gasteiger partial charge in [0, 0.05) is 0 Å². The molecule has 0 heterocycles. The van der Waals surface area contributed by atoms with Crippen molar-refractivity contribution in [1.82, 2.24) is 0 Å². The van der Waals surface area contributed by atoms with E-state index in [2.05, 4.69) is 34.6 Å². The predicted octanol–water partition coefficient (Wildman–Crippen LogP) is 4.74. The molecule has 4 aliphatic carbocycles. The fraction of sp³-hybridized carbons (Fsp3) is 1.00. The second-order valence-electron chi connectivity index (χ2n) is 7.40. The van der Waals surface area contributed by atoms with Crippen molar-refractivity contribution in [3.05, 3.63) is 0 Å². The van der Waals surface area contributed by atoms with Gasteiger partial charge in [-0.3, -0.25) is 0 Å². The van der Waals surface area contributed by atoms with Crippen LogP contribution in [0.25, 0.3) is 0 Å². The standard InChI is InChI=1S/C16H28/c1-6-10(2)9-14-13-7-8-16(14)12(4)11(3)15(13,16)5/h10-14H,6-9H2,1-5H3. The molecule has 0 nitrogen and oxygen atoms in total. The summed E-state index contributed by atoms with van der Waals surface area (Å²) in [5.41, 5.74) is 1.55. The van der Waals surface area contributed by atoms with Crippen molar-refractivity contribution >= 4 is 0 Å². The lowest BCUT2D eigenvalue weighted by atomic mass is 9.26. The Morgan fingerprint density at radius 3 is 2.56 bits per heavy atom. The number of rotatable bonds is 3. The average molecular weight is 220 g/mol. The molecule has 4 fully saturated rings. The van der Waals surface area contributed by atoms with Crippen LogP contribution < -0.4 is 0 Å². The molecule has 16 heavy (non-hydrogen) atoms. The molecule has 0 aliphatic heterocycles. The Labute approximate surface area is 101 Å². The third kappa shape index (κ3) is 0.842. The smallest absolute Gasteiger partial charge is 0.0178 e. The van der Waals surface area contributed by atoms with E-state index in [0.717, 1.165) is 40.4 Å². The Kier molecular flexibility index (Phi) is 2.12. The van der Waals surface area contributed by atoms with E-state index in [1.54, 1.807) is 12.8 Å². The van der Waals surface area contributed by atoms with Gasteiger partial charge in [-0.2, -0.15) is 0 Å². The third-order valence-electron chi connectivity index (χ3n) is 7.65. The van der Waals surface area contributed by atoms with E-state index in [0.29, 0.717) is 0 Å². The lowest BCUT2D eigenvalue weighted by Crippen LogP contribution is -2.74. The molecular weight excluding hydrogens is 192 g/mol. The van der Waals surface area contributed by atoms with Gasteiger partial charge < -0.3 is 0 Å². The predicted molar refractivity (Wildman–Crippen MR) is 69.2 cm³/mol. The minimum absolute atomic E-state index is 0.755. The summed E-state index contributed by atoms with van der Waals surface area (Å²) in [7, 11) is 0. The minimum Gasteiger partial charge on any atom is -0.0651 e. The van der Waals surface area contributed by atoms with E-state index in [1.807, 2.05) is 0 Å². The molecule has 2 bridgehead atoms. The first-order valence-electron chi connectivity index (χ1n) is 7.50. The highest BCUT2D eigenvalue weighted by Gasteiger charge is 2.82. The fourth-order valence-electron chi connectivity index (χ4n) is 6.44. The van der Waals surface area contributed by atoms with Crippen LogP contribution in [0.15, 0.2) is 0 Å². The molecule has 0 radical (unpaired) electrons. The summed E-state index contributed by atoms with van der Waals surface area (Å²) in [4.78, 5) is 0. The van der Waals surface area contributed by atoms with Crippen LogP contribution in [-0.2, 0) is 0 Å². The van der Waals surface area contributed by atoms with E-state index in [1.165, 1.54) is 12.8 Å². The van der Waals surface area contributed by atoms with Crippen molar-refractivity contribution in [2.75, 3.05) is 0 Å². The maximum atomic E-state index is 2.61. The minimum atomic E-state index is 0.755. The summed E-state index contributed by atoms with van der Waals surface area (Å²) in [6.45, 7) is 12.5. The van der Waals surface area contributed by atoms with Gasteiger partial charge in [-0.15, -0.1) is 0 Å². The van der Waals surface area contributed by atoms with Gasteiger partial charge in [-0.1, -0.05) is 41.0 Å². The van der Waals surface area contributed by atoms with Crippen LogP contribution in [0.1, 0.15) is 60.3 Å². The fourth-order valence-corrected chi connectivity index (χ4v) is 6.44. The molecule has 4 saturated carbocycles. The molecule has 0 aromatic carbocycles. The molecule has 7 atom stereocenters. The highest BCUT2D eigenvalue weighted by molar-refractivity contribution is 5.30. The Hall–Kier alpha value is 0. The number of fused-ring (bicyclic) bond motifs is 1. The molecular formula is C16H28. The molecule has 7 unspecified atom stereocenters. The van der Waals surface area contributed by atoms with Crippen LogP contribution in [-0.4, -0.2) is 0 Å². The highest BCUT2D eigenvalue weighted by atomic mass is 14.9. The van der Waals surface area contributed by atoms with Gasteiger partial charge in [0.15, 0.2) is 0 Å². The Morgan fingerprint density at radius 2 is 1.94 bits per heavy atom. The molecule has 1 spiro atoms. The van der Waals surface area contributed by atoms with Crippen LogP contribution in [0, 0.1) is 40.4 Å². The van der Waals surface area contributed by atoms with Crippen molar-refractivity contribution < 1.29 is 0 Å². The highest BCUT2D eigenvalue weighted by Crippen LogP contribution is 2.88. The van der Waals surface area contributed by atoms with Crippen molar-refractivity contribution in [3.63, 3.8) is 0 Å². The van der Waals surface area contributed by atoms with E-state index in [9.17, 15) is 0 Å². The molecule has 0 heteroatoms. The van der Waals surface area contributed by atoms with Crippen LogP contribution >= 0.6 is 0 Å². The molecule has 92 valence electrons. The van der Waals surface area contributed by atoms with Crippen LogP contribution in [0.2, 0.25) is 0 Å². The molecule has 4 aliphatic rings. The molecule has 0 amide bonds. The van der Waals surface area contributed by atoms with Crippen LogP contribution in [0.5, 0.6) is 0 Å². The van der Waals surface area contributed by atoms with E-state index < -0.39 is 0 Å². The van der Waals surface area contributed by atoms with Crippen molar-refractivity contribution in [1.29, 1.82) is 0 Å². The first kappa shape index (κ1) is 11.1. The Morgan fingerprint density at radius 1 is 1.25 bits per heavy atom. The zero-order chi connectivity index (χ0) is 11.7. The van der Waals surface area contributed by atoms with Gasteiger partial charge in [-0.05, 0) is 59.7 Å². The normalized spacial score (nSPS) is 59.8. The zero-order valence-corrected chi connectivity index (χ0v) is 11.7. The van der Waals surface area contributed by atoms with Gasteiger partial charge in [0.1, 0.15) is 0 Å². The maximum Gasteiger partial charge on any atom is -0.0178 e. The second kappa shape index (κ2) is 3.06. The summed E-state index contributed by atoms with van der Waals surface area (Å²) in [5.74, 6) is 5.14. The monoisotopic (exact) mass is 220 g/mol. The quantitative estimate of drug-likeness (QED) is 0.644. The summed E-state index contributed by atoms with van der Waals surface area (Å²) in [6.07, 6.45) is 6.00. The SMILES string of the molecule is CCC(C)CC1C2CCC13C(C)C(C)C23C. The summed E-state index contributed by atoms with van der Waals surface area (Å²) in [6, 6.07) is 0. The van der Waals surface area contributed by atoms with E-state index >= 15 is 0 Å². The lowest BCUT2D eigenvalue weighted by molar-refractivity contribution is -0.313. The van der Waals surface area contributed by atoms with Crippen LogP contribution in [0.3, 0.4) is 0 Å². The molecule has 0 aromatic rings. The van der Waals surface area contributed by atoms with Gasteiger partial charge in [0.05, 0.1) is 0 Å². The molecule has 0 N–H and O–H groups in total. The average Bonchev–Trinajstić information content (AvgIpc) is 2.80. The Bertz CT molecular complexity index is 307. The summed E-state index contributed by atoms with van der Waals surface area (Å²) >= 11 is 0. The van der Waals surface area contributed by atoms with Crippen molar-refractivity contribution in [2.24, 2.45) is 40.4 Å². The first-order chi connectivity index (χ1) is 7.50. The third-order valence-corrected chi connectivity index (χ3v) is 7.65. The topological polar surface area (TPSA) is 0 Å². The van der Waals surface area contributed by atoms with Gasteiger partial charge in [0.2, 0.25) is 0 Å². The van der Waals surface area contributed by atoms with Crippen LogP contribution in [0.4, 0.5) is 0 Å². The molecule has 0 aromatic heterocycles. The van der Waals surface area contributed by atoms with Gasteiger partial charge in [0.25, 0.3) is 0 Å². The molecule has 4 rings (SSSR count). The number of hydrogen-bond acceptors (Lipinski definition) is 0. The zero-order valence-electron chi connectivity index (χ0n) is 11.7. The van der Waals surface area contributed by atoms with Gasteiger partial charge in [-0.25, -0.2) is 0 Å². The summed E-state index contributed by atoms with van der Waals surface area (Å²) < 4.78 is 0. The van der Waals surface area contributed by atoms with Gasteiger partial charge >= 0.3 is 0 Å². The molecule has 0 saturated heterocycles. The Balaban J connectivity index is 1.82. The van der Waals surface area contributed by atoms with Crippen molar-refractivity contribution in [2.45, 2.75) is 60.3 Å².